The van der Waals surface area contributed by atoms with E-state index >= 15 is 0 Å². The lowest BCUT2D eigenvalue weighted by Gasteiger charge is -2.18. The molecule has 2 aromatic carbocycles. The molecule has 1 amide bonds. The van der Waals surface area contributed by atoms with Crippen molar-refractivity contribution in [3.8, 4) is 0 Å². The summed E-state index contributed by atoms with van der Waals surface area (Å²) in [6, 6.07) is 12.5. The molecule has 0 N–H and O–H groups in total. The first kappa shape index (κ1) is 18.5. The largest absolute Gasteiger partial charge is 0.416 e. The monoisotopic (exact) mass is 378 g/mol. The molecular formula is C19H17F3N2OS. The number of alkyl halides is 3. The lowest BCUT2D eigenvalue weighted by atomic mass is 10.1. The molecule has 2 aromatic rings. The summed E-state index contributed by atoms with van der Waals surface area (Å²) in [5.74, 6) is 0.182. The van der Waals surface area contributed by atoms with Crippen molar-refractivity contribution in [1.82, 2.24) is 4.90 Å². The van der Waals surface area contributed by atoms with Gasteiger partial charge in [0.05, 0.1) is 12.1 Å². The lowest BCUT2D eigenvalue weighted by molar-refractivity contribution is -0.137. The van der Waals surface area contributed by atoms with Crippen LogP contribution in [0, 0.1) is 6.92 Å². The normalized spacial score (nSPS) is 14.5. The van der Waals surface area contributed by atoms with Crippen LogP contribution in [0.15, 0.2) is 53.5 Å². The summed E-state index contributed by atoms with van der Waals surface area (Å²) in [5.41, 5.74) is 1.45. The number of halogens is 3. The van der Waals surface area contributed by atoms with E-state index in [1.54, 1.807) is 17.0 Å². The zero-order valence-corrected chi connectivity index (χ0v) is 14.9. The number of carbonyl (C=O) groups is 1. The zero-order valence-electron chi connectivity index (χ0n) is 14.1. The second-order valence-electron chi connectivity index (χ2n) is 5.98. The van der Waals surface area contributed by atoms with Crippen LogP contribution in [0.3, 0.4) is 0 Å². The van der Waals surface area contributed by atoms with E-state index < -0.39 is 11.7 Å². The maximum Gasteiger partial charge on any atom is 0.416 e. The molecule has 0 saturated heterocycles. The molecule has 1 heterocycles. The van der Waals surface area contributed by atoms with Gasteiger partial charge in [-0.1, -0.05) is 47.7 Å². The Kier molecular flexibility index (Phi) is 5.36. The van der Waals surface area contributed by atoms with Crippen molar-refractivity contribution >= 4 is 22.8 Å². The number of rotatable bonds is 3. The summed E-state index contributed by atoms with van der Waals surface area (Å²) in [5, 5.41) is 0.550. The van der Waals surface area contributed by atoms with Gasteiger partial charge in [0.25, 0.3) is 5.91 Å². The fraction of sp³-hybridized carbons (Fsp3) is 0.263. The van der Waals surface area contributed by atoms with Crippen LogP contribution in [-0.4, -0.2) is 29.1 Å². The van der Waals surface area contributed by atoms with Crippen molar-refractivity contribution < 1.29 is 18.0 Å². The number of hydrogen-bond donors (Lipinski definition) is 0. The van der Waals surface area contributed by atoms with E-state index in [4.69, 9.17) is 0 Å². The number of nitrogens with zero attached hydrogens (tertiary/aromatic N) is 2. The summed E-state index contributed by atoms with van der Waals surface area (Å²) < 4.78 is 38.4. The standard InChI is InChI=1S/C19H17F3N2OS/c1-13-4-2-6-15(10-13)17(25)24-9-8-23-18(24)26-12-14-5-3-7-16(11-14)19(20,21)22/h2-7,10-11H,8-9,12H2,1H3. The molecule has 136 valence electrons. The van der Waals surface area contributed by atoms with Gasteiger partial charge in [-0.2, -0.15) is 13.2 Å². The Morgan fingerprint density at radius 2 is 1.96 bits per heavy atom. The Labute approximate surface area is 153 Å². The van der Waals surface area contributed by atoms with E-state index in [2.05, 4.69) is 4.99 Å². The third-order valence-electron chi connectivity index (χ3n) is 3.93. The van der Waals surface area contributed by atoms with Crippen molar-refractivity contribution in [1.29, 1.82) is 0 Å². The molecule has 1 aliphatic heterocycles. The number of hydrogen-bond acceptors (Lipinski definition) is 3. The molecule has 0 saturated carbocycles. The van der Waals surface area contributed by atoms with Crippen LogP contribution in [0.5, 0.6) is 0 Å². The van der Waals surface area contributed by atoms with Gasteiger partial charge in [-0.3, -0.25) is 14.7 Å². The molecule has 0 aromatic heterocycles. The van der Waals surface area contributed by atoms with Gasteiger partial charge < -0.3 is 0 Å². The van der Waals surface area contributed by atoms with Crippen molar-refractivity contribution in [2.24, 2.45) is 4.99 Å². The van der Waals surface area contributed by atoms with Crippen LogP contribution < -0.4 is 0 Å². The predicted octanol–water partition coefficient (Wildman–Crippen LogP) is 4.76. The first-order valence-electron chi connectivity index (χ1n) is 8.06. The molecule has 0 fully saturated rings. The second kappa shape index (κ2) is 7.53. The highest BCUT2D eigenvalue weighted by molar-refractivity contribution is 8.13. The van der Waals surface area contributed by atoms with Gasteiger partial charge in [0, 0.05) is 17.9 Å². The number of aryl methyl sites for hydroxylation is 1. The number of aliphatic imine (C=N–C) groups is 1. The summed E-state index contributed by atoms with van der Waals surface area (Å²) in [4.78, 5) is 18.6. The van der Waals surface area contributed by atoms with Crippen LogP contribution >= 0.6 is 11.8 Å². The lowest BCUT2D eigenvalue weighted by Crippen LogP contribution is -2.32. The molecule has 3 nitrogen and oxygen atoms in total. The number of benzene rings is 2. The fourth-order valence-corrected chi connectivity index (χ4v) is 3.65. The quantitative estimate of drug-likeness (QED) is 0.772. The van der Waals surface area contributed by atoms with Crippen LogP contribution in [-0.2, 0) is 11.9 Å². The molecule has 7 heteroatoms. The Morgan fingerprint density at radius 3 is 2.69 bits per heavy atom. The van der Waals surface area contributed by atoms with Crippen LogP contribution in [0.25, 0.3) is 0 Å². The topological polar surface area (TPSA) is 32.7 Å². The van der Waals surface area contributed by atoms with Gasteiger partial charge in [-0.05, 0) is 30.7 Å². The van der Waals surface area contributed by atoms with E-state index in [0.717, 1.165) is 17.7 Å². The fourth-order valence-electron chi connectivity index (χ4n) is 2.66. The van der Waals surface area contributed by atoms with E-state index in [-0.39, 0.29) is 5.91 Å². The van der Waals surface area contributed by atoms with E-state index in [0.29, 0.717) is 35.1 Å². The molecule has 3 rings (SSSR count). The van der Waals surface area contributed by atoms with Crippen molar-refractivity contribution in [3.63, 3.8) is 0 Å². The molecular weight excluding hydrogens is 361 g/mol. The zero-order chi connectivity index (χ0) is 18.7. The Balaban J connectivity index is 1.69. The molecule has 0 bridgehead atoms. The minimum atomic E-state index is -4.36. The van der Waals surface area contributed by atoms with Crippen molar-refractivity contribution in [2.75, 3.05) is 13.1 Å². The minimum absolute atomic E-state index is 0.138. The Morgan fingerprint density at radius 1 is 1.19 bits per heavy atom. The molecule has 1 aliphatic rings. The maximum atomic E-state index is 12.8. The van der Waals surface area contributed by atoms with Gasteiger partial charge in [0.2, 0.25) is 0 Å². The smallest absolute Gasteiger partial charge is 0.286 e. The SMILES string of the molecule is Cc1cccc(C(=O)N2CCN=C2SCc2cccc(C(F)(F)F)c2)c1. The van der Waals surface area contributed by atoms with E-state index in [1.165, 1.54) is 17.8 Å². The van der Waals surface area contributed by atoms with Gasteiger partial charge in [-0.15, -0.1) is 0 Å². The summed E-state index contributed by atoms with van der Waals surface area (Å²) >= 11 is 1.28. The number of amides is 1. The third-order valence-corrected chi connectivity index (χ3v) is 5.02. The van der Waals surface area contributed by atoms with Crippen LogP contribution in [0.1, 0.15) is 27.0 Å². The average molecular weight is 378 g/mol. The van der Waals surface area contributed by atoms with Crippen molar-refractivity contribution in [2.45, 2.75) is 18.9 Å². The van der Waals surface area contributed by atoms with Crippen molar-refractivity contribution in [3.05, 3.63) is 70.8 Å². The maximum absolute atomic E-state index is 12.8. The minimum Gasteiger partial charge on any atom is -0.286 e. The average Bonchev–Trinajstić information content (AvgIpc) is 3.07. The van der Waals surface area contributed by atoms with E-state index in [9.17, 15) is 18.0 Å². The molecule has 0 aliphatic carbocycles. The number of carbonyl (C=O) groups excluding carboxylic acids is 1. The molecule has 0 unspecified atom stereocenters. The second-order valence-corrected chi connectivity index (χ2v) is 6.92. The highest BCUT2D eigenvalue weighted by Gasteiger charge is 2.30. The highest BCUT2D eigenvalue weighted by atomic mass is 32.2. The molecule has 26 heavy (non-hydrogen) atoms. The van der Waals surface area contributed by atoms with Gasteiger partial charge in [0.15, 0.2) is 5.17 Å². The summed E-state index contributed by atoms with van der Waals surface area (Å²) in [7, 11) is 0. The number of thioether (sulfide) groups is 1. The summed E-state index contributed by atoms with van der Waals surface area (Å²) in [6.07, 6.45) is -4.36. The van der Waals surface area contributed by atoms with Crippen LogP contribution in [0.2, 0.25) is 0 Å². The Hall–Kier alpha value is -2.28. The highest BCUT2D eigenvalue weighted by Crippen LogP contribution is 2.30. The summed E-state index contributed by atoms with van der Waals surface area (Å²) in [6.45, 7) is 2.90. The van der Waals surface area contributed by atoms with E-state index in [1.807, 2.05) is 25.1 Å². The predicted molar refractivity (Wildman–Crippen MR) is 97.3 cm³/mol. The van der Waals surface area contributed by atoms with Gasteiger partial charge in [0.1, 0.15) is 0 Å². The number of amidine groups is 1. The first-order valence-corrected chi connectivity index (χ1v) is 9.05. The van der Waals surface area contributed by atoms with Gasteiger partial charge in [-0.25, -0.2) is 0 Å². The van der Waals surface area contributed by atoms with Gasteiger partial charge >= 0.3 is 6.18 Å². The first-order chi connectivity index (χ1) is 12.3. The molecule has 0 spiro atoms. The van der Waals surface area contributed by atoms with Crippen LogP contribution in [0.4, 0.5) is 13.2 Å². The molecule has 0 radical (unpaired) electrons. The third kappa shape index (κ3) is 4.27. The molecule has 0 atom stereocenters. The Bertz CT molecular complexity index is 849.